The van der Waals surface area contributed by atoms with E-state index in [2.05, 4.69) is 217 Å². The van der Waals surface area contributed by atoms with Gasteiger partial charge >= 0.3 is 0 Å². The van der Waals surface area contributed by atoms with Gasteiger partial charge in [0.1, 0.15) is 0 Å². The van der Waals surface area contributed by atoms with Crippen molar-refractivity contribution in [2.45, 2.75) is 66.2 Å². The second-order valence-electron chi connectivity index (χ2n) is 18.0. The summed E-state index contributed by atoms with van der Waals surface area (Å²) in [6.45, 7) is 18.5. The fourth-order valence-corrected chi connectivity index (χ4v) is 10.6. The quantitative estimate of drug-likeness (QED) is 0.162. The van der Waals surface area contributed by atoms with E-state index in [1.165, 1.54) is 94.3 Å². The van der Waals surface area contributed by atoms with Gasteiger partial charge in [-0.1, -0.05) is 167 Å². The molecule has 0 atom stereocenters. The first-order valence-electron chi connectivity index (χ1n) is 20.2. The monoisotopic (exact) mass is 742 g/mol. The van der Waals surface area contributed by atoms with Crippen molar-refractivity contribution in [3.05, 3.63) is 174 Å². The van der Waals surface area contributed by atoms with Crippen LogP contribution in [0.3, 0.4) is 0 Å². The summed E-state index contributed by atoms with van der Waals surface area (Å²) in [5.74, 6) is 0. The highest BCUT2D eigenvalue weighted by Crippen LogP contribution is 2.47. The number of anilines is 6. The van der Waals surface area contributed by atoms with Gasteiger partial charge < -0.3 is 9.80 Å². The highest BCUT2D eigenvalue weighted by atomic mass is 28.2. The lowest BCUT2D eigenvalue weighted by Crippen LogP contribution is -2.62. The van der Waals surface area contributed by atoms with Gasteiger partial charge in [0, 0.05) is 28.4 Å². The van der Waals surface area contributed by atoms with Crippen LogP contribution < -0.4 is 36.6 Å². The Morgan fingerprint density at radius 2 is 1.00 bits per heavy atom. The summed E-state index contributed by atoms with van der Waals surface area (Å²) in [7, 11) is -0.701. The van der Waals surface area contributed by atoms with Gasteiger partial charge in [0.25, 0.3) is 6.71 Å². The fraction of sp³-hybridized carbons (Fsp3) is 0.192. The van der Waals surface area contributed by atoms with Crippen LogP contribution in [0.2, 0.25) is 0 Å². The van der Waals surface area contributed by atoms with Gasteiger partial charge in [0.2, 0.25) is 0 Å². The molecule has 7 aromatic rings. The molecule has 7 aromatic carbocycles. The second-order valence-corrected chi connectivity index (χ2v) is 20.0. The Morgan fingerprint density at radius 3 is 1.64 bits per heavy atom. The minimum Gasteiger partial charge on any atom is -0.311 e. The van der Waals surface area contributed by atoms with E-state index in [1.54, 1.807) is 0 Å². The minimum absolute atomic E-state index is 0.00163. The molecule has 0 saturated carbocycles. The molecule has 4 heteroatoms. The van der Waals surface area contributed by atoms with Crippen LogP contribution in [-0.4, -0.2) is 16.2 Å². The molecule has 2 aliphatic heterocycles. The molecule has 0 radical (unpaired) electrons. The topological polar surface area (TPSA) is 6.48 Å². The van der Waals surface area contributed by atoms with E-state index in [0.717, 1.165) is 0 Å². The number of rotatable bonds is 5. The molecule has 9 rings (SSSR count). The van der Waals surface area contributed by atoms with Gasteiger partial charge in [-0.2, -0.15) is 0 Å². The van der Waals surface area contributed by atoms with E-state index in [-0.39, 0.29) is 17.5 Å². The summed E-state index contributed by atoms with van der Waals surface area (Å²) in [5, 5.41) is 2.93. The van der Waals surface area contributed by atoms with Gasteiger partial charge in [0.15, 0.2) is 0 Å². The summed E-state index contributed by atoms with van der Waals surface area (Å²) in [5.41, 5.74) is 19.4. The minimum atomic E-state index is -0.701. The lowest BCUT2D eigenvalue weighted by atomic mass is 9.33. The zero-order valence-corrected chi connectivity index (χ0v) is 35.5. The summed E-state index contributed by atoms with van der Waals surface area (Å²) >= 11 is 0. The van der Waals surface area contributed by atoms with Crippen molar-refractivity contribution in [1.82, 2.24) is 0 Å². The van der Waals surface area contributed by atoms with Gasteiger partial charge in [0.05, 0.1) is 15.2 Å². The SMILES string of the molecule is Cc1cccc(C)c1N1c2ccc([SiH2]c3ccccc3)cc2B2c3cc(C(C)(C)C)ccc3N(c3ccc(C(C)(C)C)cc3)c3cc(-c4ccccc4)cc1c32. The van der Waals surface area contributed by atoms with E-state index in [0.29, 0.717) is 0 Å². The van der Waals surface area contributed by atoms with Crippen LogP contribution in [0.5, 0.6) is 0 Å². The van der Waals surface area contributed by atoms with Gasteiger partial charge in [-0.3, -0.25) is 0 Å². The standard InChI is InChI=1S/C52H51BN2Si/c1-34-16-15-17-35(2)50(34)55-46-29-27-42(56-41-20-13-10-14-21-41)33-44(46)53-43-32-39(52(6,7)8)24-28-45(43)54(40-25-22-38(23-26-40)51(3,4)5)47-30-37(31-48(55)49(47)53)36-18-11-9-12-19-36/h9-33H,56H2,1-8H3. The Bertz CT molecular complexity index is 2580. The largest absolute Gasteiger partial charge is 0.311 e. The van der Waals surface area contributed by atoms with Crippen molar-refractivity contribution in [2.24, 2.45) is 0 Å². The Balaban J connectivity index is 1.40. The maximum Gasteiger partial charge on any atom is 0.252 e. The molecule has 0 amide bonds. The lowest BCUT2D eigenvalue weighted by molar-refractivity contribution is 0.590. The third kappa shape index (κ3) is 6.21. The van der Waals surface area contributed by atoms with Crippen molar-refractivity contribution in [1.29, 1.82) is 0 Å². The fourth-order valence-electron chi connectivity index (χ4n) is 9.05. The van der Waals surface area contributed by atoms with E-state index >= 15 is 0 Å². The molecular weight excluding hydrogens is 691 g/mol. The van der Waals surface area contributed by atoms with E-state index in [4.69, 9.17) is 0 Å². The molecular formula is C52H51BN2Si. The summed E-state index contributed by atoms with van der Waals surface area (Å²) in [6.07, 6.45) is 0. The van der Waals surface area contributed by atoms with Crippen LogP contribution >= 0.6 is 0 Å². The number of aryl methyl sites for hydroxylation is 2. The van der Waals surface area contributed by atoms with Crippen molar-refractivity contribution in [3.8, 4) is 11.1 Å². The average molecular weight is 743 g/mol. The predicted molar refractivity (Wildman–Crippen MR) is 247 cm³/mol. The molecule has 0 fully saturated rings. The molecule has 56 heavy (non-hydrogen) atoms. The van der Waals surface area contributed by atoms with Crippen LogP contribution in [0.1, 0.15) is 63.8 Å². The Labute approximate surface area is 336 Å². The number of fused-ring (bicyclic) bond motifs is 4. The van der Waals surface area contributed by atoms with Gasteiger partial charge in [-0.15, -0.1) is 0 Å². The van der Waals surface area contributed by atoms with Gasteiger partial charge in [-0.05, 0) is 111 Å². The van der Waals surface area contributed by atoms with Crippen LogP contribution in [0.4, 0.5) is 34.1 Å². The first-order chi connectivity index (χ1) is 26.9. The first kappa shape index (κ1) is 36.1. The summed E-state index contributed by atoms with van der Waals surface area (Å²) in [4.78, 5) is 5.17. The zero-order valence-electron chi connectivity index (χ0n) is 34.1. The summed E-state index contributed by atoms with van der Waals surface area (Å²) in [6, 6.07) is 57.8. The molecule has 0 aliphatic carbocycles. The smallest absolute Gasteiger partial charge is 0.252 e. The number of nitrogens with zero attached hydrogens (tertiary/aromatic N) is 2. The van der Waals surface area contributed by atoms with Crippen LogP contribution in [-0.2, 0) is 10.8 Å². The number of benzene rings is 7. The maximum absolute atomic E-state index is 2.61. The second kappa shape index (κ2) is 13.6. The lowest BCUT2D eigenvalue weighted by Gasteiger charge is -2.45. The molecule has 0 spiro atoms. The molecule has 0 N–H and O–H groups in total. The van der Waals surface area contributed by atoms with E-state index in [1.807, 2.05) is 0 Å². The van der Waals surface area contributed by atoms with E-state index in [9.17, 15) is 0 Å². The van der Waals surface area contributed by atoms with Crippen molar-refractivity contribution in [2.75, 3.05) is 9.80 Å². The molecule has 0 bridgehead atoms. The summed E-state index contributed by atoms with van der Waals surface area (Å²) < 4.78 is 0. The van der Waals surface area contributed by atoms with Crippen molar-refractivity contribution in [3.63, 3.8) is 0 Å². The molecule has 2 heterocycles. The van der Waals surface area contributed by atoms with E-state index < -0.39 is 9.52 Å². The molecule has 276 valence electrons. The molecule has 2 nitrogen and oxygen atoms in total. The molecule has 2 aliphatic rings. The molecule has 0 aromatic heterocycles. The highest BCUT2D eigenvalue weighted by molar-refractivity contribution is 7.00. The maximum atomic E-state index is 2.61. The van der Waals surface area contributed by atoms with Crippen molar-refractivity contribution >= 4 is 77.1 Å². The third-order valence-electron chi connectivity index (χ3n) is 12.0. The normalized spacial score (nSPS) is 13.5. The van der Waals surface area contributed by atoms with Crippen LogP contribution in [0.25, 0.3) is 11.1 Å². The van der Waals surface area contributed by atoms with Crippen LogP contribution in [0.15, 0.2) is 152 Å². The Kier molecular flexibility index (Phi) is 8.74. The highest BCUT2D eigenvalue weighted by Gasteiger charge is 2.44. The third-order valence-corrected chi connectivity index (χ3v) is 13.7. The molecule has 0 saturated heterocycles. The van der Waals surface area contributed by atoms with Gasteiger partial charge in [-0.25, -0.2) is 0 Å². The molecule has 0 unspecified atom stereocenters. The number of hydrogen-bond donors (Lipinski definition) is 0. The number of para-hydroxylation sites is 1. The van der Waals surface area contributed by atoms with Crippen LogP contribution in [0, 0.1) is 13.8 Å². The first-order valence-corrected chi connectivity index (χ1v) is 21.6. The zero-order chi connectivity index (χ0) is 38.9. The van der Waals surface area contributed by atoms with Crippen molar-refractivity contribution < 1.29 is 0 Å². The predicted octanol–water partition coefficient (Wildman–Crippen LogP) is 9.77. The number of hydrogen-bond acceptors (Lipinski definition) is 2. The average Bonchev–Trinajstić information content (AvgIpc) is 3.18. The Morgan fingerprint density at radius 1 is 0.446 bits per heavy atom. The Hall–Kier alpha value is -5.58.